The van der Waals surface area contributed by atoms with Crippen molar-refractivity contribution < 1.29 is 19.1 Å². The van der Waals surface area contributed by atoms with Gasteiger partial charge in [-0.15, -0.1) is 11.3 Å². The first kappa shape index (κ1) is 21.3. The van der Waals surface area contributed by atoms with Crippen LogP contribution in [0.2, 0.25) is 0 Å². The van der Waals surface area contributed by atoms with Crippen molar-refractivity contribution in [3.63, 3.8) is 0 Å². The molecule has 1 aliphatic rings. The molecule has 29 heavy (non-hydrogen) atoms. The van der Waals surface area contributed by atoms with E-state index in [1.54, 1.807) is 18.4 Å². The van der Waals surface area contributed by atoms with E-state index in [-0.39, 0.29) is 18.6 Å². The molecule has 2 aromatic rings. The Hall–Kier alpha value is -2.42. The second kappa shape index (κ2) is 10.4. The minimum Gasteiger partial charge on any atom is -0.496 e. The largest absolute Gasteiger partial charge is 0.496 e. The average molecular weight is 418 g/mol. The molecule has 8 heteroatoms. The molecular formula is C21H27N3O4S. The van der Waals surface area contributed by atoms with Crippen LogP contribution >= 0.6 is 11.3 Å². The Morgan fingerprint density at radius 2 is 1.93 bits per heavy atom. The molecule has 0 bridgehead atoms. The maximum absolute atomic E-state index is 12.5. The van der Waals surface area contributed by atoms with E-state index in [2.05, 4.69) is 21.6 Å². The summed E-state index contributed by atoms with van der Waals surface area (Å²) in [6, 6.07) is 11.2. The number of amides is 2. The molecule has 1 aromatic heterocycles. The van der Waals surface area contributed by atoms with E-state index >= 15 is 0 Å². The Bertz CT molecular complexity index is 806. The van der Waals surface area contributed by atoms with Gasteiger partial charge in [0.2, 0.25) is 0 Å². The molecule has 0 radical (unpaired) electrons. The topological polar surface area (TPSA) is 79.9 Å². The Labute approximate surface area is 175 Å². The summed E-state index contributed by atoms with van der Waals surface area (Å²) in [5, 5.41) is 7.57. The third-order valence-electron chi connectivity index (χ3n) is 4.94. The Morgan fingerprint density at radius 1 is 1.17 bits per heavy atom. The minimum atomic E-state index is -0.658. The van der Waals surface area contributed by atoms with Gasteiger partial charge in [0.05, 0.1) is 26.4 Å². The molecule has 0 unspecified atom stereocenters. The molecule has 0 spiro atoms. The van der Waals surface area contributed by atoms with Crippen molar-refractivity contribution in [1.82, 2.24) is 15.5 Å². The molecule has 0 aliphatic carbocycles. The van der Waals surface area contributed by atoms with Crippen molar-refractivity contribution in [1.29, 1.82) is 0 Å². The fraction of sp³-hybridized carbons (Fsp3) is 0.429. The van der Waals surface area contributed by atoms with Crippen LogP contribution in [0.3, 0.4) is 0 Å². The second-order valence-electron chi connectivity index (χ2n) is 6.87. The summed E-state index contributed by atoms with van der Waals surface area (Å²) < 4.78 is 10.7. The van der Waals surface area contributed by atoms with E-state index in [0.717, 1.165) is 23.5 Å². The molecule has 3 rings (SSSR count). The summed E-state index contributed by atoms with van der Waals surface area (Å²) in [6.07, 6.45) is 0. The van der Waals surface area contributed by atoms with Crippen molar-refractivity contribution >= 4 is 23.2 Å². The van der Waals surface area contributed by atoms with Crippen molar-refractivity contribution in [3.05, 3.63) is 52.2 Å². The number of hydrogen-bond acceptors (Lipinski definition) is 6. The third kappa shape index (κ3) is 5.56. The highest BCUT2D eigenvalue weighted by Crippen LogP contribution is 2.29. The average Bonchev–Trinajstić information content (AvgIpc) is 3.27. The molecule has 2 heterocycles. The summed E-state index contributed by atoms with van der Waals surface area (Å²) >= 11 is 1.65. The zero-order chi connectivity index (χ0) is 20.6. The van der Waals surface area contributed by atoms with Crippen molar-refractivity contribution in [2.45, 2.75) is 25.6 Å². The third-order valence-corrected chi connectivity index (χ3v) is 5.89. The van der Waals surface area contributed by atoms with Crippen LogP contribution in [0.15, 0.2) is 41.8 Å². The fourth-order valence-electron chi connectivity index (χ4n) is 3.51. The van der Waals surface area contributed by atoms with Gasteiger partial charge in [0.15, 0.2) is 0 Å². The second-order valence-corrected chi connectivity index (χ2v) is 7.84. The van der Waals surface area contributed by atoms with E-state index in [9.17, 15) is 9.59 Å². The quantitative estimate of drug-likeness (QED) is 0.673. The summed E-state index contributed by atoms with van der Waals surface area (Å²) in [4.78, 5) is 28.3. The number of hydrogen-bond donors (Lipinski definition) is 2. The van der Waals surface area contributed by atoms with Crippen LogP contribution in [0.5, 0.6) is 5.75 Å². The Kier molecular flexibility index (Phi) is 7.62. The molecular weight excluding hydrogens is 390 g/mol. The number of nitrogens with zero attached hydrogens (tertiary/aromatic N) is 1. The number of carbonyl (C=O) groups is 2. The highest BCUT2D eigenvalue weighted by Gasteiger charge is 2.30. The number of carbonyl (C=O) groups excluding carboxylic acids is 2. The van der Waals surface area contributed by atoms with Gasteiger partial charge in [0, 0.05) is 36.1 Å². The van der Waals surface area contributed by atoms with Gasteiger partial charge in [-0.1, -0.05) is 24.3 Å². The first-order valence-corrected chi connectivity index (χ1v) is 10.5. The zero-order valence-corrected chi connectivity index (χ0v) is 17.5. The Balaban J connectivity index is 1.60. The molecule has 1 aromatic carbocycles. The van der Waals surface area contributed by atoms with Crippen molar-refractivity contribution in [3.8, 4) is 5.75 Å². The first-order chi connectivity index (χ1) is 14.1. The predicted octanol–water partition coefficient (Wildman–Crippen LogP) is 1.95. The summed E-state index contributed by atoms with van der Waals surface area (Å²) in [7, 11) is 1.57. The Morgan fingerprint density at radius 3 is 2.62 bits per heavy atom. The summed E-state index contributed by atoms with van der Waals surface area (Å²) in [5.41, 5.74) is 0.814. The van der Waals surface area contributed by atoms with E-state index < -0.39 is 11.8 Å². The monoisotopic (exact) mass is 417 g/mol. The highest BCUT2D eigenvalue weighted by molar-refractivity contribution is 7.10. The van der Waals surface area contributed by atoms with Crippen LogP contribution in [0, 0.1) is 0 Å². The van der Waals surface area contributed by atoms with Crippen LogP contribution < -0.4 is 15.4 Å². The molecule has 2 atom stereocenters. The lowest BCUT2D eigenvalue weighted by atomic mass is 10.1. The molecule has 156 valence electrons. The summed E-state index contributed by atoms with van der Waals surface area (Å²) in [6.45, 7) is 5.09. The molecule has 1 saturated heterocycles. The fourth-order valence-corrected chi connectivity index (χ4v) is 4.48. The lowest BCUT2D eigenvalue weighted by Crippen LogP contribution is -2.51. The number of thiophene rings is 1. The van der Waals surface area contributed by atoms with Crippen LogP contribution in [0.25, 0.3) is 0 Å². The van der Waals surface area contributed by atoms with Gasteiger partial charge in [-0.2, -0.15) is 0 Å². The zero-order valence-electron chi connectivity index (χ0n) is 16.7. The van der Waals surface area contributed by atoms with Gasteiger partial charge >= 0.3 is 11.8 Å². The number of morpholine rings is 1. The van der Waals surface area contributed by atoms with Gasteiger partial charge in [-0.3, -0.25) is 14.5 Å². The molecule has 1 aliphatic heterocycles. The molecule has 7 nitrogen and oxygen atoms in total. The number of nitrogens with one attached hydrogen (secondary N) is 2. The van der Waals surface area contributed by atoms with Crippen molar-refractivity contribution in [2.75, 3.05) is 33.4 Å². The standard InChI is InChI=1S/C21H27N3O4S/c1-15(19(18-8-5-13-29-18)24-9-11-28-12-10-24)23-21(26)20(25)22-14-16-6-3-4-7-17(16)27-2/h3-8,13,15,19H,9-12,14H2,1-2H3,(H,22,25)(H,23,26)/t15-,19-/m1/s1. The normalized spacial score (nSPS) is 16.6. The SMILES string of the molecule is COc1ccccc1CNC(=O)C(=O)N[C@H](C)[C@H](c1cccs1)N1CCOCC1. The number of benzene rings is 1. The number of methoxy groups -OCH3 is 1. The maximum Gasteiger partial charge on any atom is 0.309 e. The van der Waals surface area contributed by atoms with Gasteiger partial charge in [0.25, 0.3) is 0 Å². The molecule has 1 fully saturated rings. The lowest BCUT2D eigenvalue weighted by Gasteiger charge is -2.37. The molecule has 2 N–H and O–H groups in total. The minimum absolute atomic E-state index is 0.00451. The van der Waals surface area contributed by atoms with E-state index in [4.69, 9.17) is 9.47 Å². The van der Waals surface area contributed by atoms with E-state index in [0.29, 0.717) is 19.0 Å². The van der Waals surface area contributed by atoms with E-state index in [1.165, 1.54) is 0 Å². The number of para-hydroxylation sites is 1. The van der Waals surface area contributed by atoms with E-state index in [1.807, 2.05) is 42.6 Å². The smallest absolute Gasteiger partial charge is 0.309 e. The van der Waals surface area contributed by atoms with Gasteiger partial charge in [-0.25, -0.2) is 0 Å². The van der Waals surface area contributed by atoms with Crippen LogP contribution in [0.4, 0.5) is 0 Å². The maximum atomic E-state index is 12.5. The van der Waals surface area contributed by atoms with Gasteiger partial charge in [0.1, 0.15) is 5.75 Å². The number of rotatable bonds is 7. The molecule has 0 saturated carbocycles. The van der Waals surface area contributed by atoms with Gasteiger partial charge in [-0.05, 0) is 24.4 Å². The van der Waals surface area contributed by atoms with Gasteiger partial charge < -0.3 is 20.1 Å². The highest BCUT2D eigenvalue weighted by atomic mass is 32.1. The van der Waals surface area contributed by atoms with Crippen LogP contribution in [-0.4, -0.2) is 56.2 Å². The first-order valence-electron chi connectivity index (χ1n) is 9.66. The number of ether oxygens (including phenoxy) is 2. The lowest BCUT2D eigenvalue weighted by molar-refractivity contribution is -0.140. The van der Waals surface area contributed by atoms with Crippen LogP contribution in [0.1, 0.15) is 23.4 Å². The molecule has 2 amide bonds. The predicted molar refractivity (Wildman–Crippen MR) is 112 cm³/mol. The van der Waals surface area contributed by atoms with Crippen molar-refractivity contribution in [2.24, 2.45) is 0 Å². The summed E-state index contributed by atoms with van der Waals surface area (Å²) in [5.74, 6) is -0.622. The van der Waals surface area contributed by atoms with Crippen LogP contribution in [-0.2, 0) is 20.9 Å².